The molecule has 4 nitrogen and oxygen atoms in total. The molecule has 0 radical (unpaired) electrons. The molecule has 0 fully saturated rings. The standard InChI is InChI=1S/C24H26N2O2/c1-24(2,3)21-11-9-17(10-12-21)19-13-20(15-25-14-19)23(27)26-16-18-7-5-6-8-22(18)28-4/h5-15H,16H2,1-4H3,(H,26,27). The zero-order valence-corrected chi connectivity index (χ0v) is 16.8. The van der Waals surface area contributed by atoms with E-state index in [1.807, 2.05) is 30.3 Å². The molecule has 2 aromatic carbocycles. The van der Waals surface area contributed by atoms with Gasteiger partial charge in [-0.15, -0.1) is 0 Å². The lowest BCUT2D eigenvalue weighted by molar-refractivity contribution is 0.0950. The van der Waals surface area contributed by atoms with Crippen LogP contribution in [0, 0.1) is 0 Å². The van der Waals surface area contributed by atoms with Crippen LogP contribution in [0.1, 0.15) is 42.3 Å². The predicted octanol–water partition coefficient (Wildman–Crippen LogP) is 4.98. The third-order valence-corrected chi connectivity index (χ3v) is 4.72. The first-order valence-corrected chi connectivity index (χ1v) is 9.34. The SMILES string of the molecule is COc1ccccc1CNC(=O)c1cncc(-c2ccc(C(C)(C)C)cc2)c1. The van der Waals surface area contributed by atoms with E-state index < -0.39 is 0 Å². The van der Waals surface area contributed by atoms with Crippen LogP contribution in [0.25, 0.3) is 11.1 Å². The van der Waals surface area contributed by atoms with Crippen LogP contribution >= 0.6 is 0 Å². The van der Waals surface area contributed by atoms with Crippen LogP contribution < -0.4 is 10.1 Å². The Morgan fingerprint density at radius 1 is 1.00 bits per heavy atom. The summed E-state index contributed by atoms with van der Waals surface area (Å²) in [6, 6.07) is 17.9. The van der Waals surface area contributed by atoms with Crippen LogP contribution in [0.15, 0.2) is 67.0 Å². The molecule has 1 N–H and O–H groups in total. The second-order valence-corrected chi connectivity index (χ2v) is 7.78. The van der Waals surface area contributed by atoms with Crippen molar-refractivity contribution in [1.29, 1.82) is 0 Å². The number of aromatic nitrogens is 1. The number of ether oxygens (including phenoxy) is 1. The lowest BCUT2D eigenvalue weighted by Crippen LogP contribution is -2.23. The van der Waals surface area contributed by atoms with Crippen molar-refractivity contribution < 1.29 is 9.53 Å². The molecule has 0 bridgehead atoms. The summed E-state index contributed by atoms with van der Waals surface area (Å²) in [5, 5.41) is 2.94. The van der Waals surface area contributed by atoms with Crippen molar-refractivity contribution in [3.63, 3.8) is 0 Å². The van der Waals surface area contributed by atoms with Crippen LogP contribution in [-0.4, -0.2) is 18.0 Å². The molecule has 1 heterocycles. The Morgan fingerprint density at radius 3 is 2.39 bits per heavy atom. The van der Waals surface area contributed by atoms with Crippen molar-refractivity contribution in [2.75, 3.05) is 7.11 Å². The topological polar surface area (TPSA) is 51.2 Å². The van der Waals surface area contributed by atoms with Gasteiger partial charge in [0.1, 0.15) is 5.75 Å². The minimum Gasteiger partial charge on any atom is -0.496 e. The molecule has 1 aromatic heterocycles. The average molecular weight is 374 g/mol. The number of amides is 1. The number of methoxy groups -OCH3 is 1. The van der Waals surface area contributed by atoms with Crippen molar-refractivity contribution in [3.8, 4) is 16.9 Å². The van der Waals surface area contributed by atoms with Gasteiger partial charge < -0.3 is 10.1 Å². The van der Waals surface area contributed by atoms with Gasteiger partial charge in [-0.05, 0) is 28.7 Å². The average Bonchev–Trinajstić information content (AvgIpc) is 2.71. The molecule has 4 heteroatoms. The van der Waals surface area contributed by atoms with Gasteiger partial charge >= 0.3 is 0 Å². The second kappa shape index (κ2) is 8.26. The summed E-state index contributed by atoms with van der Waals surface area (Å²) in [7, 11) is 1.62. The van der Waals surface area contributed by atoms with E-state index in [1.165, 1.54) is 5.56 Å². The molecule has 3 rings (SSSR count). The minimum absolute atomic E-state index is 0.108. The number of nitrogens with zero attached hydrogens (tertiary/aromatic N) is 1. The summed E-state index contributed by atoms with van der Waals surface area (Å²) in [6.07, 6.45) is 3.37. The van der Waals surface area contributed by atoms with Crippen molar-refractivity contribution in [3.05, 3.63) is 83.7 Å². The Labute approximate surface area is 166 Å². The molecule has 0 aliphatic heterocycles. The molecule has 0 aliphatic rings. The Kier molecular flexibility index (Phi) is 5.78. The van der Waals surface area contributed by atoms with Gasteiger partial charge in [0.2, 0.25) is 0 Å². The summed E-state index contributed by atoms with van der Waals surface area (Å²) in [6.45, 7) is 6.97. The first kappa shape index (κ1) is 19.6. The van der Waals surface area contributed by atoms with Gasteiger partial charge in [0, 0.05) is 30.1 Å². The molecule has 0 saturated carbocycles. The Hall–Kier alpha value is -3.14. The Balaban J connectivity index is 1.74. The highest BCUT2D eigenvalue weighted by molar-refractivity contribution is 5.95. The summed E-state index contributed by atoms with van der Waals surface area (Å²) in [5.41, 5.74) is 4.81. The van der Waals surface area contributed by atoms with Crippen molar-refractivity contribution >= 4 is 5.91 Å². The molecule has 3 aromatic rings. The lowest BCUT2D eigenvalue weighted by Gasteiger charge is -2.19. The zero-order chi connectivity index (χ0) is 20.1. The van der Waals surface area contributed by atoms with Gasteiger partial charge in [-0.25, -0.2) is 0 Å². The highest BCUT2D eigenvalue weighted by atomic mass is 16.5. The number of nitrogens with one attached hydrogen (secondary N) is 1. The van der Waals surface area contributed by atoms with E-state index in [9.17, 15) is 4.79 Å². The smallest absolute Gasteiger partial charge is 0.253 e. The predicted molar refractivity (Wildman–Crippen MR) is 113 cm³/mol. The van der Waals surface area contributed by atoms with Crippen LogP contribution in [0.2, 0.25) is 0 Å². The number of para-hydroxylation sites is 1. The van der Waals surface area contributed by atoms with E-state index in [0.717, 1.165) is 22.4 Å². The van der Waals surface area contributed by atoms with Crippen LogP contribution in [0.4, 0.5) is 0 Å². The number of hydrogen-bond acceptors (Lipinski definition) is 3. The minimum atomic E-state index is -0.161. The Morgan fingerprint density at radius 2 is 1.71 bits per heavy atom. The van der Waals surface area contributed by atoms with Gasteiger partial charge in [-0.3, -0.25) is 9.78 Å². The highest BCUT2D eigenvalue weighted by Crippen LogP contribution is 2.26. The fourth-order valence-electron chi connectivity index (χ4n) is 3.01. The Bertz CT molecular complexity index is 957. The number of benzene rings is 2. The van der Waals surface area contributed by atoms with Crippen LogP contribution in [-0.2, 0) is 12.0 Å². The van der Waals surface area contributed by atoms with Gasteiger partial charge in [-0.1, -0.05) is 63.2 Å². The van der Waals surface area contributed by atoms with Crippen molar-refractivity contribution in [2.45, 2.75) is 32.7 Å². The van der Waals surface area contributed by atoms with Gasteiger partial charge in [-0.2, -0.15) is 0 Å². The molecule has 28 heavy (non-hydrogen) atoms. The summed E-state index contributed by atoms with van der Waals surface area (Å²) in [4.78, 5) is 16.9. The second-order valence-electron chi connectivity index (χ2n) is 7.78. The number of carbonyl (C=O) groups is 1. The van der Waals surface area contributed by atoms with Crippen molar-refractivity contribution in [1.82, 2.24) is 10.3 Å². The fraction of sp³-hybridized carbons (Fsp3) is 0.250. The maximum Gasteiger partial charge on any atom is 0.253 e. The maximum absolute atomic E-state index is 12.6. The number of hydrogen-bond donors (Lipinski definition) is 1. The van der Waals surface area contributed by atoms with E-state index in [2.05, 4.69) is 55.3 Å². The molecule has 0 unspecified atom stereocenters. The highest BCUT2D eigenvalue weighted by Gasteiger charge is 2.14. The normalized spacial score (nSPS) is 11.1. The molecule has 0 atom stereocenters. The van der Waals surface area contributed by atoms with Crippen molar-refractivity contribution in [2.24, 2.45) is 0 Å². The first-order valence-electron chi connectivity index (χ1n) is 9.34. The van der Waals surface area contributed by atoms with E-state index in [0.29, 0.717) is 12.1 Å². The number of pyridine rings is 1. The largest absolute Gasteiger partial charge is 0.496 e. The number of rotatable bonds is 5. The monoisotopic (exact) mass is 374 g/mol. The third-order valence-electron chi connectivity index (χ3n) is 4.72. The lowest BCUT2D eigenvalue weighted by atomic mass is 9.86. The summed E-state index contributed by atoms with van der Waals surface area (Å²) >= 11 is 0. The molecule has 0 spiro atoms. The van der Waals surface area contributed by atoms with E-state index in [-0.39, 0.29) is 11.3 Å². The number of carbonyl (C=O) groups excluding carboxylic acids is 1. The van der Waals surface area contributed by atoms with E-state index in [1.54, 1.807) is 19.5 Å². The molecule has 0 saturated heterocycles. The molecular formula is C24H26N2O2. The molecular weight excluding hydrogens is 348 g/mol. The maximum atomic E-state index is 12.6. The van der Waals surface area contributed by atoms with Gasteiger partial charge in [0.05, 0.1) is 12.7 Å². The fourth-order valence-corrected chi connectivity index (χ4v) is 3.01. The van der Waals surface area contributed by atoms with E-state index in [4.69, 9.17) is 4.74 Å². The third kappa shape index (κ3) is 4.58. The zero-order valence-electron chi connectivity index (χ0n) is 16.8. The van der Waals surface area contributed by atoms with Gasteiger partial charge in [0.15, 0.2) is 0 Å². The quantitative estimate of drug-likeness (QED) is 0.685. The molecule has 1 amide bonds. The van der Waals surface area contributed by atoms with Crippen LogP contribution in [0.5, 0.6) is 5.75 Å². The van der Waals surface area contributed by atoms with E-state index >= 15 is 0 Å². The molecule has 144 valence electrons. The first-order chi connectivity index (χ1) is 13.4. The molecule has 0 aliphatic carbocycles. The summed E-state index contributed by atoms with van der Waals surface area (Å²) in [5.74, 6) is 0.597. The van der Waals surface area contributed by atoms with Gasteiger partial charge in [0.25, 0.3) is 5.91 Å². The van der Waals surface area contributed by atoms with Crippen LogP contribution in [0.3, 0.4) is 0 Å². The summed E-state index contributed by atoms with van der Waals surface area (Å²) < 4.78 is 5.33.